The Bertz CT molecular complexity index is 1130. The lowest BCUT2D eigenvalue weighted by atomic mass is 9.80. The van der Waals surface area contributed by atoms with E-state index in [1.807, 2.05) is 32.0 Å². The van der Waals surface area contributed by atoms with E-state index >= 15 is 0 Å². The number of nitriles is 1. The van der Waals surface area contributed by atoms with Crippen molar-refractivity contribution in [2.75, 3.05) is 18.9 Å². The highest BCUT2D eigenvalue weighted by molar-refractivity contribution is 6.07. The fraction of sp³-hybridized carbons (Fsp3) is 0.593. The minimum atomic E-state index is -1.01. The second-order valence-electron chi connectivity index (χ2n) is 10.9. The van der Waals surface area contributed by atoms with Gasteiger partial charge in [-0.05, 0) is 43.2 Å². The maximum absolute atomic E-state index is 13.9. The van der Waals surface area contributed by atoms with E-state index in [1.165, 1.54) is 16.8 Å². The quantitative estimate of drug-likeness (QED) is 0.473. The molecule has 0 bridgehead atoms. The lowest BCUT2D eigenvalue weighted by Crippen LogP contribution is -2.52. The number of likely N-dealkylation sites (tertiary alicyclic amines) is 1. The summed E-state index contributed by atoms with van der Waals surface area (Å²) in [5, 5.41) is 25.5. The number of aliphatic hydroxyl groups is 1. The molecule has 1 aromatic rings. The molecule has 0 radical (unpaired) electrons. The Kier molecular flexibility index (Phi) is 7.55. The molecule has 4 amide bonds. The molecule has 2 fully saturated rings. The van der Waals surface area contributed by atoms with Gasteiger partial charge >= 0.3 is 0 Å². The maximum Gasteiger partial charge on any atom is 0.246 e. The summed E-state index contributed by atoms with van der Waals surface area (Å²) in [4.78, 5) is 55.2. The van der Waals surface area contributed by atoms with Gasteiger partial charge in [0.05, 0.1) is 23.6 Å². The van der Waals surface area contributed by atoms with Crippen LogP contribution >= 0.6 is 0 Å². The van der Waals surface area contributed by atoms with E-state index in [9.17, 15) is 29.5 Å². The number of carbonyl (C=O) groups is 4. The van der Waals surface area contributed by atoms with E-state index in [4.69, 9.17) is 0 Å². The molecule has 37 heavy (non-hydrogen) atoms. The number of hydrogen-bond donors (Lipinski definition) is 3. The molecule has 1 aromatic carbocycles. The van der Waals surface area contributed by atoms with E-state index < -0.39 is 47.7 Å². The average Bonchev–Trinajstić information content (AvgIpc) is 3.53. The number of hydrogen-bond acceptors (Lipinski definition) is 6. The van der Waals surface area contributed by atoms with Gasteiger partial charge < -0.3 is 25.5 Å². The summed E-state index contributed by atoms with van der Waals surface area (Å²) in [6, 6.07) is 7.41. The summed E-state index contributed by atoms with van der Waals surface area (Å²) in [7, 11) is 1.50. The predicted molar refractivity (Wildman–Crippen MR) is 135 cm³/mol. The average molecular weight is 510 g/mol. The minimum Gasteiger partial charge on any atom is -0.391 e. The Hall–Kier alpha value is -3.45. The molecular weight excluding hydrogens is 474 g/mol. The number of rotatable bonds is 7. The molecule has 4 rings (SSSR count). The van der Waals surface area contributed by atoms with Crippen LogP contribution in [-0.4, -0.2) is 76.4 Å². The third-order valence-corrected chi connectivity index (χ3v) is 7.89. The van der Waals surface area contributed by atoms with Crippen molar-refractivity contribution in [2.45, 2.75) is 82.0 Å². The second kappa shape index (κ2) is 10.5. The molecule has 198 valence electrons. The first-order chi connectivity index (χ1) is 17.6. The van der Waals surface area contributed by atoms with E-state index in [2.05, 4.69) is 16.7 Å². The van der Waals surface area contributed by atoms with Gasteiger partial charge in [0.15, 0.2) is 0 Å². The number of anilines is 1. The largest absolute Gasteiger partial charge is 0.391 e. The van der Waals surface area contributed by atoms with Gasteiger partial charge in [-0.3, -0.25) is 19.2 Å². The van der Waals surface area contributed by atoms with Crippen molar-refractivity contribution < 1.29 is 24.3 Å². The zero-order valence-electron chi connectivity index (χ0n) is 21.6. The SMILES string of the molecule is CC(C)C[C@@H](C(=O)N1C[C@]2(C[C@H]1C#N)C(=O)Nc1ccccc12)N(C)C(=O)CC(=O)N[C@H]1CCC[C@H]1O. The Morgan fingerprint density at radius 1 is 1.30 bits per heavy atom. The number of para-hydroxylation sites is 1. The van der Waals surface area contributed by atoms with Crippen molar-refractivity contribution in [1.29, 1.82) is 5.26 Å². The molecule has 1 spiro atoms. The molecule has 1 saturated carbocycles. The van der Waals surface area contributed by atoms with Gasteiger partial charge in [0, 0.05) is 25.7 Å². The smallest absolute Gasteiger partial charge is 0.246 e. The van der Waals surface area contributed by atoms with Gasteiger partial charge in [-0.15, -0.1) is 0 Å². The van der Waals surface area contributed by atoms with Crippen molar-refractivity contribution in [3.63, 3.8) is 0 Å². The normalized spacial score (nSPS) is 27.1. The van der Waals surface area contributed by atoms with Crippen LogP contribution in [0.25, 0.3) is 0 Å². The van der Waals surface area contributed by atoms with Crippen LogP contribution in [-0.2, 0) is 24.6 Å². The second-order valence-corrected chi connectivity index (χ2v) is 10.9. The first kappa shape index (κ1) is 26.6. The molecule has 10 nitrogen and oxygen atoms in total. The molecule has 5 atom stereocenters. The van der Waals surface area contributed by atoms with Crippen molar-refractivity contribution in [1.82, 2.24) is 15.1 Å². The fourth-order valence-corrected chi connectivity index (χ4v) is 5.85. The molecule has 1 aliphatic carbocycles. The van der Waals surface area contributed by atoms with E-state index in [0.29, 0.717) is 24.9 Å². The third kappa shape index (κ3) is 5.05. The molecule has 2 heterocycles. The van der Waals surface area contributed by atoms with Crippen molar-refractivity contribution in [3.8, 4) is 6.07 Å². The first-order valence-electron chi connectivity index (χ1n) is 12.9. The monoisotopic (exact) mass is 509 g/mol. The number of amides is 4. The van der Waals surface area contributed by atoms with Crippen LogP contribution < -0.4 is 10.6 Å². The van der Waals surface area contributed by atoms with Crippen LogP contribution in [0.5, 0.6) is 0 Å². The number of benzene rings is 1. The standard InChI is InChI=1S/C27H35N5O5/c1-16(2)11-21(31(3)24(35)12-23(34)29-20-9-6-10-22(20)33)25(36)32-15-27(13-17(32)14-28)18-7-4-5-8-19(18)30-26(27)37/h4-5,7-8,16-17,20-22,33H,6,9-13,15H2,1-3H3,(H,29,34)(H,30,37)/t17-,20-,21-,22+,27-/m0/s1. The zero-order valence-corrected chi connectivity index (χ0v) is 21.6. The van der Waals surface area contributed by atoms with E-state index in [-0.39, 0.29) is 30.8 Å². The Balaban J connectivity index is 1.52. The van der Waals surface area contributed by atoms with Crippen LogP contribution in [0.1, 0.15) is 57.9 Å². The van der Waals surface area contributed by atoms with Gasteiger partial charge in [0.2, 0.25) is 23.6 Å². The van der Waals surface area contributed by atoms with Crippen LogP contribution in [0, 0.1) is 17.2 Å². The summed E-state index contributed by atoms with van der Waals surface area (Å²) < 4.78 is 0. The molecule has 0 aromatic heterocycles. The molecule has 3 N–H and O–H groups in total. The summed E-state index contributed by atoms with van der Waals surface area (Å²) in [6.07, 6.45) is 1.55. The summed E-state index contributed by atoms with van der Waals surface area (Å²) in [5.74, 6) is -1.60. The van der Waals surface area contributed by atoms with Gasteiger partial charge in [0.25, 0.3) is 0 Å². The number of nitrogens with zero attached hydrogens (tertiary/aromatic N) is 3. The van der Waals surface area contributed by atoms with Crippen LogP contribution in [0.15, 0.2) is 24.3 Å². The molecule has 2 aliphatic heterocycles. The van der Waals surface area contributed by atoms with E-state index in [0.717, 1.165) is 12.0 Å². The van der Waals surface area contributed by atoms with Crippen molar-refractivity contribution in [3.05, 3.63) is 29.8 Å². The highest BCUT2D eigenvalue weighted by atomic mass is 16.3. The summed E-state index contributed by atoms with van der Waals surface area (Å²) in [5.41, 5.74) is 0.439. The van der Waals surface area contributed by atoms with Gasteiger partial charge in [-0.2, -0.15) is 5.26 Å². The van der Waals surface area contributed by atoms with Gasteiger partial charge in [0.1, 0.15) is 18.5 Å². The predicted octanol–water partition coefficient (Wildman–Crippen LogP) is 1.29. The third-order valence-electron chi connectivity index (χ3n) is 7.89. The summed E-state index contributed by atoms with van der Waals surface area (Å²) in [6.45, 7) is 3.91. The highest BCUT2D eigenvalue weighted by Gasteiger charge is 2.56. The minimum absolute atomic E-state index is 0.0452. The Morgan fingerprint density at radius 2 is 2.03 bits per heavy atom. The van der Waals surface area contributed by atoms with Crippen molar-refractivity contribution >= 4 is 29.3 Å². The van der Waals surface area contributed by atoms with Crippen molar-refractivity contribution in [2.24, 2.45) is 5.92 Å². The first-order valence-corrected chi connectivity index (χ1v) is 12.9. The number of aliphatic hydroxyl groups excluding tert-OH is 1. The molecule has 10 heteroatoms. The van der Waals surface area contributed by atoms with Gasteiger partial charge in [-0.1, -0.05) is 32.0 Å². The van der Waals surface area contributed by atoms with E-state index in [1.54, 1.807) is 6.07 Å². The lowest BCUT2D eigenvalue weighted by molar-refractivity contribution is -0.147. The lowest BCUT2D eigenvalue weighted by Gasteiger charge is -2.33. The maximum atomic E-state index is 13.9. The topological polar surface area (TPSA) is 143 Å². The van der Waals surface area contributed by atoms with Crippen LogP contribution in [0.4, 0.5) is 5.69 Å². The molecule has 3 aliphatic rings. The van der Waals surface area contributed by atoms with Crippen LogP contribution in [0.3, 0.4) is 0 Å². The van der Waals surface area contributed by atoms with Crippen LogP contribution in [0.2, 0.25) is 0 Å². The zero-order chi connectivity index (χ0) is 26.9. The molecular formula is C27H35N5O5. The fourth-order valence-electron chi connectivity index (χ4n) is 5.85. The number of nitrogens with one attached hydrogen (secondary N) is 2. The number of carbonyl (C=O) groups excluding carboxylic acids is 4. The number of fused-ring (bicyclic) bond motifs is 2. The molecule has 0 unspecified atom stereocenters. The molecule has 1 saturated heterocycles. The number of likely N-dealkylation sites (N-methyl/N-ethyl adjacent to an activating group) is 1. The van der Waals surface area contributed by atoms with Gasteiger partial charge in [-0.25, -0.2) is 0 Å². The summed E-state index contributed by atoms with van der Waals surface area (Å²) >= 11 is 0. The highest BCUT2D eigenvalue weighted by Crippen LogP contribution is 2.46. The Labute approximate surface area is 217 Å². The Morgan fingerprint density at radius 3 is 2.68 bits per heavy atom.